The average molecular weight is 881 g/mol. The molecule has 4 aromatic heterocycles. The fourth-order valence-electron chi connectivity index (χ4n) is 8.83. The van der Waals surface area contributed by atoms with Crippen molar-refractivity contribution in [3.63, 3.8) is 0 Å². The van der Waals surface area contributed by atoms with E-state index in [-0.39, 0.29) is 21.9 Å². The van der Waals surface area contributed by atoms with Crippen LogP contribution in [0.4, 0.5) is 31.8 Å². The predicted molar refractivity (Wildman–Crippen MR) is 254 cm³/mol. The van der Waals surface area contributed by atoms with Crippen LogP contribution in [0.25, 0.3) is 43.5 Å². The maximum Gasteiger partial charge on any atom is 0.338 e. The smallest absolute Gasteiger partial charge is 0.338 e. The topological polar surface area (TPSA) is 143 Å². The summed E-state index contributed by atoms with van der Waals surface area (Å²) in [6.07, 6.45) is 5.16. The summed E-state index contributed by atoms with van der Waals surface area (Å²) in [6.45, 7) is 8.46. The summed E-state index contributed by atoms with van der Waals surface area (Å²) in [5, 5.41) is 25.2. The Hall–Kier alpha value is -6.94. The number of aromatic nitrogens is 2. The SMILES string of the molecule is O=c1cc(NCCCN2CCN(c3nccc4ccc(F)cc34)CC2)c2ccccc2o1.O=c1cc(NCCC[N+]2([O-])CCN(c3nccc4ccc(F)cc34)CC2)c2ccccc2o1. The van der Waals surface area contributed by atoms with E-state index < -0.39 is 5.63 Å². The van der Waals surface area contributed by atoms with E-state index in [4.69, 9.17) is 8.83 Å². The van der Waals surface area contributed by atoms with Gasteiger partial charge in [0.2, 0.25) is 0 Å². The van der Waals surface area contributed by atoms with E-state index in [0.29, 0.717) is 56.9 Å². The van der Waals surface area contributed by atoms with Crippen LogP contribution in [0, 0.1) is 16.8 Å². The maximum atomic E-state index is 13.8. The van der Waals surface area contributed by atoms with Crippen LogP contribution in [0.5, 0.6) is 0 Å². The van der Waals surface area contributed by atoms with Crippen LogP contribution in [-0.2, 0) is 0 Å². The maximum absolute atomic E-state index is 13.8. The summed E-state index contributed by atoms with van der Waals surface area (Å²) in [6, 6.07) is 31.2. The van der Waals surface area contributed by atoms with Crippen LogP contribution >= 0.6 is 0 Å². The highest BCUT2D eigenvalue weighted by Gasteiger charge is 2.27. The van der Waals surface area contributed by atoms with Gasteiger partial charge in [-0.05, 0) is 84.4 Å². The number of para-hydroxylation sites is 2. The number of nitrogens with one attached hydrogen (secondary N) is 2. The third-order valence-corrected chi connectivity index (χ3v) is 12.3. The Kier molecular flexibility index (Phi) is 13.0. The normalized spacial score (nSPS) is 15.3. The molecule has 10 rings (SSSR count). The van der Waals surface area contributed by atoms with Gasteiger partial charge in [-0.1, -0.05) is 36.4 Å². The van der Waals surface area contributed by atoms with Gasteiger partial charge in [0.1, 0.15) is 34.4 Å². The molecule has 13 nitrogen and oxygen atoms in total. The van der Waals surface area contributed by atoms with Gasteiger partial charge in [-0.2, -0.15) is 0 Å². The molecule has 0 radical (unpaired) electrons. The van der Waals surface area contributed by atoms with Gasteiger partial charge in [0.25, 0.3) is 0 Å². The molecule has 0 amide bonds. The molecule has 0 bridgehead atoms. The van der Waals surface area contributed by atoms with Crippen molar-refractivity contribution in [2.75, 3.05) is 99.0 Å². The lowest BCUT2D eigenvalue weighted by Crippen LogP contribution is -2.57. The summed E-state index contributed by atoms with van der Waals surface area (Å²) in [4.78, 5) is 39.3. The van der Waals surface area contributed by atoms with Crippen molar-refractivity contribution in [2.24, 2.45) is 0 Å². The first-order valence-corrected chi connectivity index (χ1v) is 22.1. The van der Waals surface area contributed by atoms with Crippen molar-refractivity contribution >= 4 is 66.5 Å². The molecule has 0 unspecified atom stereocenters. The first kappa shape index (κ1) is 43.3. The van der Waals surface area contributed by atoms with Crippen LogP contribution in [0.1, 0.15) is 12.8 Å². The number of hydroxylamine groups is 3. The zero-order chi connectivity index (χ0) is 44.8. The number of halogens is 2. The molecular weight excluding hydrogens is 831 g/mol. The predicted octanol–water partition coefficient (Wildman–Crippen LogP) is 8.22. The quantitative estimate of drug-likeness (QED) is 0.0529. The van der Waals surface area contributed by atoms with Crippen LogP contribution < -0.4 is 31.7 Å². The zero-order valence-corrected chi connectivity index (χ0v) is 35.9. The van der Waals surface area contributed by atoms with Gasteiger partial charge in [-0.15, -0.1) is 0 Å². The van der Waals surface area contributed by atoms with E-state index in [1.54, 1.807) is 42.7 Å². The highest BCUT2D eigenvalue weighted by Crippen LogP contribution is 2.29. The third kappa shape index (κ3) is 10.2. The fraction of sp³-hybridized carbons (Fsp3) is 0.280. The highest BCUT2D eigenvalue weighted by molar-refractivity contribution is 5.93. The second-order valence-electron chi connectivity index (χ2n) is 16.6. The van der Waals surface area contributed by atoms with Crippen LogP contribution in [0.15, 0.2) is 140 Å². The summed E-state index contributed by atoms with van der Waals surface area (Å²) in [5.74, 6) is 1.06. The second-order valence-corrected chi connectivity index (χ2v) is 16.6. The Balaban J connectivity index is 0.000000164. The lowest BCUT2D eigenvalue weighted by atomic mass is 10.1. The molecule has 6 heterocycles. The lowest BCUT2D eigenvalue weighted by Gasteiger charge is -2.48. The minimum atomic E-state index is -0.401. The van der Waals surface area contributed by atoms with Gasteiger partial charge in [-0.25, -0.2) is 28.3 Å². The van der Waals surface area contributed by atoms with Gasteiger partial charge < -0.3 is 39.1 Å². The molecule has 2 aliphatic heterocycles. The van der Waals surface area contributed by atoms with Crippen LogP contribution in [-0.4, -0.2) is 98.1 Å². The Morgan fingerprint density at radius 3 is 1.62 bits per heavy atom. The number of hydrogen-bond acceptors (Lipinski definition) is 12. The van der Waals surface area contributed by atoms with E-state index in [1.807, 2.05) is 48.5 Å². The van der Waals surface area contributed by atoms with Gasteiger partial charge in [0.05, 0.1) is 44.1 Å². The lowest BCUT2D eigenvalue weighted by molar-refractivity contribution is -0.881. The van der Waals surface area contributed by atoms with Crippen LogP contribution in [0.2, 0.25) is 0 Å². The van der Waals surface area contributed by atoms with Crippen molar-refractivity contribution in [2.45, 2.75) is 12.8 Å². The number of benzene rings is 4. The van der Waals surface area contributed by atoms with Gasteiger partial charge in [0.15, 0.2) is 0 Å². The molecule has 65 heavy (non-hydrogen) atoms. The van der Waals surface area contributed by atoms with E-state index in [0.717, 1.165) is 101 Å². The number of fused-ring (bicyclic) bond motifs is 4. The third-order valence-electron chi connectivity index (χ3n) is 12.3. The van der Waals surface area contributed by atoms with Gasteiger partial charge in [0, 0.05) is 91.8 Å². The molecule has 4 aromatic carbocycles. The number of piperazine rings is 2. The Morgan fingerprint density at radius 1 is 0.585 bits per heavy atom. The highest BCUT2D eigenvalue weighted by atomic mass is 19.1. The van der Waals surface area contributed by atoms with Crippen molar-refractivity contribution < 1.29 is 22.3 Å². The summed E-state index contributed by atoms with van der Waals surface area (Å²) < 4.78 is 37.8. The van der Waals surface area contributed by atoms with Crippen molar-refractivity contribution in [3.8, 4) is 0 Å². The minimum Gasteiger partial charge on any atom is -0.633 e. The number of nitrogens with zero attached hydrogens (tertiary/aromatic N) is 6. The minimum absolute atomic E-state index is 0.234. The van der Waals surface area contributed by atoms with Crippen molar-refractivity contribution in [1.29, 1.82) is 0 Å². The first-order valence-electron chi connectivity index (χ1n) is 22.1. The largest absolute Gasteiger partial charge is 0.633 e. The molecule has 0 atom stereocenters. The van der Waals surface area contributed by atoms with Crippen LogP contribution in [0.3, 0.4) is 0 Å². The molecule has 334 valence electrons. The molecule has 2 N–H and O–H groups in total. The molecular formula is C50H50F2N8O5. The summed E-state index contributed by atoms with van der Waals surface area (Å²) >= 11 is 0. The zero-order valence-electron chi connectivity index (χ0n) is 35.9. The molecule has 2 fully saturated rings. The fourth-order valence-corrected chi connectivity index (χ4v) is 8.83. The molecule has 2 aliphatic rings. The van der Waals surface area contributed by atoms with E-state index in [9.17, 15) is 23.6 Å². The summed E-state index contributed by atoms with van der Waals surface area (Å²) in [5.41, 5.74) is 1.93. The Bertz CT molecular complexity index is 3060. The number of anilines is 4. The number of hydrogen-bond donors (Lipinski definition) is 2. The van der Waals surface area contributed by atoms with Gasteiger partial charge >= 0.3 is 11.3 Å². The molecule has 2 saturated heterocycles. The number of quaternary nitrogens is 1. The molecule has 8 aromatic rings. The van der Waals surface area contributed by atoms with Crippen molar-refractivity contribution in [3.05, 3.63) is 159 Å². The Labute approximate surface area is 373 Å². The van der Waals surface area contributed by atoms with Crippen molar-refractivity contribution in [1.82, 2.24) is 14.9 Å². The Morgan fingerprint density at radius 2 is 1.08 bits per heavy atom. The molecule has 15 heteroatoms. The van der Waals surface area contributed by atoms with Gasteiger partial charge in [-0.3, -0.25) is 4.90 Å². The average Bonchev–Trinajstić information content (AvgIpc) is 3.32. The first-order chi connectivity index (χ1) is 31.7. The number of pyridine rings is 2. The second kappa shape index (κ2) is 19.4. The van der Waals surface area contributed by atoms with E-state index in [2.05, 4.69) is 35.3 Å². The molecule has 0 spiro atoms. The molecule has 0 aliphatic carbocycles. The van der Waals surface area contributed by atoms with E-state index in [1.165, 1.54) is 30.3 Å². The monoisotopic (exact) mass is 880 g/mol. The van der Waals surface area contributed by atoms with E-state index >= 15 is 0 Å². The summed E-state index contributed by atoms with van der Waals surface area (Å²) in [7, 11) is 0. The number of rotatable bonds is 12. The standard InChI is InChI=1S/C25H25FN4O3.C25H25FN4O2/c26-19-7-6-18-8-10-28-25(21(18)16-19)29-11-14-30(32,15-12-29)13-3-9-27-22-17-24(31)33-23-5-2-1-4-20(22)23;26-19-7-6-18-8-10-28-25(21(18)16-19)30-14-12-29(13-15-30)11-3-9-27-22-17-24(31)32-23-5-2-1-4-20(22)23/h1-2,4-8,10,16-17,27H,3,9,11-15H2;1-2,4-8,10,16-17,27H,3,9,11-15H2. The molecule has 0 saturated carbocycles.